The predicted octanol–water partition coefficient (Wildman–Crippen LogP) is 4.57. The molecule has 1 aromatic heterocycles. The van der Waals surface area contributed by atoms with Crippen LogP contribution in [0.5, 0.6) is 23.0 Å². The highest BCUT2D eigenvalue weighted by molar-refractivity contribution is 6.13. The van der Waals surface area contributed by atoms with Crippen molar-refractivity contribution in [1.29, 1.82) is 0 Å². The minimum atomic E-state index is -0.00109. The topological polar surface area (TPSA) is 54.2 Å². The summed E-state index contributed by atoms with van der Waals surface area (Å²) >= 11 is 0. The van der Waals surface area contributed by atoms with Gasteiger partial charge in [0.05, 0.1) is 37.4 Å². The van der Waals surface area contributed by atoms with Crippen molar-refractivity contribution < 1.29 is 18.9 Å². The van der Waals surface area contributed by atoms with Crippen molar-refractivity contribution in [2.24, 2.45) is 4.99 Å². The number of nitrogens with zero attached hydrogens (tertiary/aromatic N) is 2. The summed E-state index contributed by atoms with van der Waals surface area (Å²) in [6.45, 7) is 3.29. The molecule has 6 heteroatoms. The standard InChI is InChI=1S/C24H24N2O4/c1-4-17-16-13-22-23(30-11-10-29-22)14-19(16)26-9-5-6-18(26)24(25-17)15-7-8-20(27-2)21(12-15)28-3/h5-9,12-14,17H,4,10-11H2,1-3H3/t17-/m1/s1. The van der Waals surface area contributed by atoms with Crippen LogP contribution in [-0.4, -0.2) is 37.7 Å². The van der Waals surface area contributed by atoms with Gasteiger partial charge in [-0.3, -0.25) is 4.99 Å². The first-order chi connectivity index (χ1) is 14.7. The SMILES string of the molecule is CC[C@H]1N=C(c2ccc(OC)c(OC)c2)c2cccn2-c2cc3c(cc21)OCCO3. The summed E-state index contributed by atoms with van der Waals surface area (Å²) in [5, 5.41) is 0. The fourth-order valence-electron chi connectivity index (χ4n) is 4.16. The molecule has 0 saturated carbocycles. The summed E-state index contributed by atoms with van der Waals surface area (Å²) in [5.41, 5.74) is 5.14. The van der Waals surface area contributed by atoms with Gasteiger partial charge < -0.3 is 23.5 Å². The molecule has 2 aliphatic rings. The smallest absolute Gasteiger partial charge is 0.163 e. The number of benzene rings is 2. The number of hydrogen-bond acceptors (Lipinski definition) is 5. The molecule has 0 amide bonds. The van der Waals surface area contributed by atoms with Crippen LogP contribution >= 0.6 is 0 Å². The molecule has 0 aliphatic carbocycles. The fraction of sp³-hybridized carbons (Fsp3) is 0.292. The maximum Gasteiger partial charge on any atom is 0.163 e. The zero-order valence-electron chi connectivity index (χ0n) is 17.3. The zero-order valence-corrected chi connectivity index (χ0v) is 17.3. The van der Waals surface area contributed by atoms with E-state index in [1.165, 1.54) is 0 Å². The van der Waals surface area contributed by atoms with Gasteiger partial charge in [-0.1, -0.05) is 6.92 Å². The number of fused-ring (bicyclic) bond motifs is 4. The van der Waals surface area contributed by atoms with Gasteiger partial charge in [-0.05, 0) is 42.8 Å². The Bertz CT molecular complexity index is 1130. The van der Waals surface area contributed by atoms with Crippen LogP contribution in [0.25, 0.3) is 5.69 Å². The quantitative estimate of drug-likeness (QED) is 0.639. The van der Waals surface area contributed by atoms with Crippen molar-refractivity contribution in [2.75, 3.05) is 27.4 Å². The van der Waals surface area contributed by atoms with Gasteiger partial charge in [0.2, 0.25) is 0 Å². The molecule has 0 radical (unpaired) electrons. The molecule has 0 spiro atoms. The van der Waals surface area contributed by atoms with Gasteiger partial charge in [0.1, 0.15) is 13.2 Å². The van der Waals surface area contributed by atoms with E-state index in [2.05, 4.69) is 35.9 Å². The van der Waals surface area contributed by atoms with E-state index in [-0.39, 0.29) is 6.04 Å². The Hall–Kier alpha value is -3.41. The second-order valence-electron chi connectivity index (χ2n) is 7.29. The molecule has 0 fully saturated rings. The minimum absolute atomic E-state index is 0.00109. The van der Waals surface area contributed by atoms with Crippen LogP contribution in [0.4, 0.5) is 0 Å². The molecule has 0 N–H and O–H groups in total. The van der Waals surface area contributed by atoms with Crippen LogP contribution < -0.4 is 18.9 Å². The number of aliphatic imine (C=N–C) groups is 1. The summed E-state index contributed by atoms with van der Waals surface area (Å²) < 4.78 is 24.8. The lowest BCUT2D eigenvalue weighted by Gasteiger charge is -2.22. The molecule has 5 rings (SSSR count). The molecule has 0 unspecified atom stereocenters. The van der Waals surface area contributed by atoms with Crippen LogP contribution in [0.1, 0.15) is 36.2 Å². The molecule has 3 heterocycles. The van der Waals surface area contributed by atoms with Gasteiger partial charge in [-0.25, -0.2) is 0 Å². The number of methoxy groups -OCH3 is 2. The molecule has 0 bridgehead atoms. The molecule has 3 aromatic rings. The molecule has 30 heavy (non-hydrogen) atoms. The largest absolute Gasteiger partial charge is 0.493 e. The predicted molar refractivity (Wildman–Crippen MR) is 115 cm³/mol. The zero-order chi connectivity index (χ0) is 20.7. The molecular weight excluding hydrogens is 380 g/mol. The maximum absolute atomic E-state index is 5.85. The Morgan fingerprint density at radius 2 is 1.77 bits per heavy atom. The molecule has 2 aromatic carbocycles. The first-order valence-corrected chi connectivity index (χ1v) is 10.1. The van der Waals surface area contributed by atoms with Gasteiger partial charge in [-0.15, -0.1) is 0 Å². The fourth-order valence-corrected chi connectivity index (χ4v) is 4.16. The van der Waals surface area contributed by atoms with Crippen molar-refractivity contribution in [3.8, 4) is 28.7 Å². The van der Waals surface area contributed by atoms with E-state index in [1.807, 2.05) is 24.3 Å². The lowest BCUT2D eigenvalue weighted by Crippen LogP contribution is -2.16. The third kappa shape index (κ3) is 2.91. The Morgan fingerprint density at radius 3 is 2.50 bits per heavy atom. The highest BCUT2D eigenvalue weighted by Crippen LogP contribution is 2.42. The van der Waals surface area contributed by atoms with Crippen LogP contribution in [0.2, 0.25) is 0 Å². The molecule has 0 saturated heterocycles. The summed E-state index contributed by atoms with van der Waals surface area (Å²) in [6.07, 6.45) is 2.94. The second kappa shape index (κ2) is 7.44. The Kier molecular flexibility index (Phi) is 4.62. The van der Waals surface area contributed by atoms with E-state index < -0.39 is 0 Å². The number of rotatable bonds is 4. The van der Waals surface area contributed by atoms with Crippen LogP contribution in [-0.2, 0) is 0 Å². The molecule has 6 nitrogen and oxygen atoms in total. The van der Waals surface area contributed by atoms with Gasteiger partial charge in [-0.2, -0.15) is 0 Å². The molecule has 1 atom stereocenters. The summed E-state index contributed by atoms with van der Waals surface area (Å²) in [4.78, 5) is 5.20. The van der Waals surface area contributed by atoms with Gasteiger partial charge in [0.25, 0.3) is 0 Å². The number of hydrogen-bond donors (Lipinski definition) is 0. The van der Waals surface area contributed by atoms with E-state index in [4.69, 9.17) is 23.9 Å². The number of ether oxygens (including phenoxy) is 4. The summed E-state index contributed by atoms with van der Waals surface area (Å²) in [7, 11) is 3.29. The summed E-state index contributed by atoms with van der Waals surface area (Å²) in [6, 6.07) is 14.2. The second-order valence-corrected chi connectivity index (χ2v) is 7.29. The Labute approximate surface area is 175 Å². The Balaban J connectivity index is 1.71. The number of aromatic nitrogens is 1. The van der Waals surface area contributed by atoms with E-state index >= 15 is 0 Å². The first kappa shape index (κ1) is 18.6. The third-order valence-corrected chi connectivity index (χ3v) is 5.63. The molecule has 2 aliphatic heterocycles. The highest BCUT2D eigenvalue weighted by Gasteiger charge is 2.27. The van der Waals surface area contributed by atoms with Crippen LogP contribution in [0.3, 0.4) is 0 Å². The van der Waals surface area contributed by atoms with Crippen molar-refractivity contribution in [2.45, 2.75) is 19.4 Å². The van der Waals surface area contributed by atoms with Crippen molar-refractivity contribution in [1.82, 2.24) is 4.57 Å². The van der Waals surface area contributed by atoms with Crippen molar-refractivity contribution in [3.63, 3.8) is 0 Å². The lowest BCUT2D eigenvalue weighted by atomic mass is 10.0. The monoisotopic (exact) mass is 404 g/mol. The first-order valence-electron chi connectivity index (χ1n) is 10.1. The third-order valence-electron chi connectivity index (χ3n) is 5.63. The summed E-state index contributed by atoms with van der Waals surface area (Å²) in [5.74, 6) is 2.95. The molecular formula is C24H24N2O4. The van der Waals surface area contributed by atoms with Crippen molar-refractivity contribution >= 4 is 5.71 Å². The van der Waals surface area contributed by atoms with Gasteiger partial charge >= 0.3 is 0 Å². The van der Waals surface area contributed by atoms with E-state index in [0.29, 0.717) is 24.7 Å². The van der Waals surface area contributed by atoms with Crippen molar-refractivity contribution in [3.05, 3.63) is 65.5 Å². The van der Waals surface area contributed by atoms with E-state index in [9.17, 15) is 0 Å². The average Bonchev–Trinajstić information content (AvgIpc) is 3.23. The Morgan fingerprint density at radius 1 is 1.00 bits per heavy atom. The van der Waals surface area contributed by atoms with Crippen LogP contribution in [0.15, 0.2) is 53.7 Å². The highest BCUT2D eigenvalue weighted by atomic mass is 16.6. The maximum atomic E-state index is 5.85. The lowest BCUT2D eigenvalue weighted by molar-refractivity contribution is 0.171. The van der Waals surface area contributed by atoms with E-state index in [1.54, 1.807) is 14.2 Å². The average molecular weight is 404 g/mol. The van der Waals surface area contributed by atoms with E-state index in [0.717, 1.165) is 46.1 Å². The van der Waals surface area contributed by atoms with Crippen LogP contribution in [0, 0.1) is 0 Å². The molecule has 154 valence electrons. The van der Waals surface area contributed by atoms with Gasteiger partial charge in [0.15, 0.2) is 23.0 Å². The normalized spacial score (nSPS) is 16.8. The van der Waals surface area contributed by atoms with Gasteiger partial charge in [0, 0.05) is 23.4 Å². The minimum Gasteiger partial charge on any atom is -0.493 e.